The summed E-state index contributed by atoms with van der Waals surface area (Å²) in [5, 5.41) is 9.73. The first-order valence-electron chi connectivity index (χ1n) is 4.58. The van der Waals surface area contributed by atoms with Crippen LogP contribution in [0.15, 0.2) is 12.4 Å². The third-order valence-electron chi connectivity index (χ3n) is 2.56. The van der Waals surface area contributed by atoms with E-state index >= 15 is 0 Å². The van der Waals surface area contributed by atoms with Gasteiger partial charge in [0, 0.05) is 12.4 Å². The van der Waals surface area contributed by atoms with Crippen molar-refractivity contribution < 1.29 is 9.50 Å². The van der Waals surface area contributed by atoms with Gasteiger partial charge in [-0.25, -0.2) is 9.97 Å². The maximum Gasteiger partial charge on any atom is 0.255 e. The molecule has 0 saturated carbocycles. The quantitative estimate of drug-likeness (QED) is 0.753. The first kappa shape index (κ1) is 9.33. The molecule has 0 radical (unpaired) electrons. The Morgan fingerprint density at radius 3 is 2.71 bits per heavy atom. The van der Waals surface area contributed by atoms with Gasteiger partial charge < -0.3 is 10.0 Å². The van der Waals surface area contributed by atoms with Gasteiger partial charge in [-0.2, -0.15) is 4.39 Å². The molecule has 76 valence electrons. The fraction of sp³-hybridized carbons (Fsp3) is 0.556. The van der Waals surface area contributed by atoms with Crippen LogP contribution < -0.4 is 4.90 Å². The zero-order valence-electron chi connectivity index (χ0n) is 7.94. The number of anilines is 1. The summed E-state index contributed by atoms with van der Waals surface area (Å²) in [5.74, 6) is -0.351. The summed E-state index contributed by atoms with van der Waals surface area (Å²) in [5.41, 5.74) is -0.677. The first-order valence-corrected chi connectivity index (χ1v) is 4.58. The maximum atomic E-state index is 13.1. The number of nitrogens with zero attached hydrogens (tertiary/aromatic N) is 3. The molecule has 1 aliphatic rings. The van der Waals surface area contributed by atoms with Crippen LogP contribution in [0, 0.1) is 5.95 Å². The standard InChI is InChI=1S/C9H12FN3O/c1-2-9(14)5-13(6-9)8-7(10)11-3-4-12-8/h3-4,14H,2,5-6H2,1H3. The van der Waals surface area contributed by atoms with Crippen LogP contribution in [0.4, 0.5) is 10.2 Å². The second-order valence-corrected chi connectivity index (χ2v) is 3.60. The van der Waals surface area contributed by atoms with Crippen molar-refractivity contribution in [2.75, 3.05) is 18.0 Å². The molecule has 1 aromatic heterocycles. The molecule has 1 fully saturated rings. The Hall–Kier alpha value is -1.23. The van der Waals surface area contributed by atoms with Crippen LogP contribution in [-0.4, -0.2) is 33.8 Å². The lowest BCUT2D eigenvalue weighted by Crippen LogP contribution is -2.62. The Kier molecular flexibility index (Phi) is 2.11. The molecular weight excluding hydrogens is 185 g/mol. The van der Waals surface area contributed by atoms with Gasteiger partial charge in [0.15, 0.2) is 5.82 Å². The van der Waals surface area contributed by atoms with E-state index in [2.05, 4.69) is 9.97 Å². The molecule has 5 heteroatoms. The second-order valence-electron chi connectivity index (χ2n) is 3.60. The van der Waals surface area contributed by atoms with E-state index in [1.165, 1.54) is 12.4 Å². The highest BCUT2D eigenvalue weighted by Crippen LogP contribution is 2.28. The Labute approximate surface area is 81.4 Å². The van der Waals surface area contributed by atoms with Gasteiger partial charge in [-0.15, -0.1) is 0 Å². The highest BCUT2D eigenvalue weighted by molar-refractivity contribution is 5.42. The third kappa shape index (κ3) is 1.43. The minimum absolute atomic E-state index is 0.227. The third-order valence-corrected chi connectivity index (χ3v) is 2.56. The fourth-order valence-electron chi connectivity index (χ4n) is 1.56. The molecule has 0 spiro atoms. The van der Waals surface area contributed by atoms with Crippen LogP contribution in [-0.2, 0) is 0 Å². The summed E-state index contributed by atoms with van der Waals surface area (Å²) in [6, 6.07) is 0. The van der Waals surface area contributed by atoms with Crippen molar-refractivity contribution in [2.24, 2.45) is 0 Å². The average molecular weight is 197 g/mol. The average Bonchev–Trinajstić information content (AvgIpc) is 2.14. The van der Waals surface area contributed by atoms with Gasteiger partial charge in [0.25, 0.3) is 5.95 Å². The fourth-order valence-corrected chi connectivity index (χ4v) is 1.56. The summed E-state index contributed by atoms with van der Waals surface area (Å²) in [6.45, 7) is 2.77. The number of halogens is 1. The molecule has 0 aliphatic carbocycles. The summed E-state index contributed by atoms with van der Waals surface area (Å²) in [4.78, 5) is 9.07. The van der Waals surface area contributed by atoms with Crippen LogP contribution >= 0.6 is 0 Å². The predicted molar refractivity (Wildman–Crippen MR) is 49.4 cm³/mol. The van der Waals surface area contributed by atoms with Gasteiger partial charge in [0.1, 0.15) is 0 Å². The molecule has 1 saturated heterocycles. The number of aromatic nitrogens is 2. The lowest BCUT2D eigenvalue weighted by molar-refractivity contribution is 0.00760. The Bertz CT molecular complexity index is 339. The molecular formula is C9H12FN3O. The molecule has 1 aromatic rings. The van der Waals surface area contributed by atoms with Crippen LogP contribution in [0.1, 0.15) is 13.3 Å². The first-order chi connectivity index (χ1) is 6.64. The number of β-amino-alcohol motifs (C(OH)–C–C–N with tert-alkyl or cyclic N) is 1. The summed E-state index contributed by atoms with van der Waals surface area (Å²) < 4.78 is 13.1. The topological polar surface area (TPSA) is 49.2 Å². The van der Waals surface area contributed by atoms with E-state index in [4.69, 9.17) is 0 Å². The largest absolute Gasteiger partial charge is 0.386 e. The molecule has 4 nitrogen and oxygen atoms in total. The molecule has 2 heterocycles. The zero-order chi connectivity index (χ0) is 10.2. The van der Waals surface area contributed by atoms with E-state index in [1.807, 2.05) is 6.92 Å². The number of aliphatic hydroxyl groups is 1. The molecule has 1 N–H and O–H groups in total. The minimum Gasteiger partial charge on any atom is -0.386 e. The van der Waals surface area contributed by atoms with Crippen molar-refractivity contribution >= 4 is 5.82 Å². The number of hydrogen-bond donors (Lipinski definition) is 1. The van der Waals surface area contributed by atoms with E-state index in [0.29, 0.717) is 19.5 Å². The normalized spacial score (nSPS) is 19.2. The second kappa shape index (κ2) is 3.16. The van der Waals surface area contributed by atoms with E-state index in [0.717, 1.165) is 0 Å². The van der Waals surface area contributed by atoms with Gasteiger partial charge >= 0.3 is 0 Å². The van der Waals surface area contributed by atoms with Gasteiger partial charge in [-0.1, -0.05) is 6.92 Å². The SMILES string of the molecule is CCC1(O)CN(c2nccnc2F)C1. The lowest BCUT2D eigenvalue weighted by atomic mass is 9.91. The molecule has 0 amide bonds. The zero-order valence-corrected chi connectivity index (χ0v) is 7.94. The van der Waals surface area contributed by atoms with Crippen molar-refractivity contribution in [1.29, 1.82) is 0 Å². The number of rotatable bonds is 2. The van der Waals surface area contributed by atoms with Crippen molar-refractivity contribution in [3.05, 3.63) is 18.3 Å². The van der Waals surface area contributed by atoms with Crippen molar-refractivity contribution in [2.45, 2.75) is 18.9 Å². The minimum atomic E-state index is -0.677. The Morgan fingerprint density at radius 1 is 1.50 bits per heavy atom. The van der Waals surface area contributed by atoms with Crippen LogP contribution in [0.3, 0.4) is 0 Å². The summed E-state index contributed by atoms with van der Waals surface area (Å²) in [7, 11) is 0. The van der Waals surface area contributed by atoms with Gasteiger partial charge in [-0.05, 0) is 6.42 Å². The smallest absolute Gasteiger partial charge is 0.255 e. The molecule has 14 heavy (non-hydrogen) atoms. The molecule has 0 atom stereocenters. The number of hydrogen-bond acceptors (Lipinski definition) is 4. The van der Waals surface area contributed by atoms with Crippen molar-refractivity contribution in [3.8, 4) is 0 Å². The Balaban J connectivity index is 2.10. The van der Waals surface area contributed by atoms with Gasteiger partial charge in [0.2, 0.25) is 0 Å². The lowest BCUT2D eigenvalue weighted by Gasteiger charge is -2.46. The summed E-state index contributed by atoms with van der Waals surface area (Å²) in [6.07, 6.45) is 3.43. The monoisotopic (exact) mass is 197 g/mol. The van der Waals surface area contributed by atoms with Gasteiger partial charge in [-0.3, -0.25) is 0 Å². The maximum absolute atomic E-state index is 13.1. The molecule has 1 aliphatic heterocycles. The van der Waals surface area contributed by atoms with Gasteiger partial charge in [0.05, 0.1) is 18.7 Å². The van der Waals surface area contributed by atoms with Crippen LogP contribution in [0.25, 0.3) is 0 Å². The van der Waals surface area contributed by atoms with E-state index < -0.39 is 11.5 Å². The van der Waals surface area contributed by atoms with E-state index in [1.54, 1.807) is 4.90 Å². The summed E-state index contributed by atoms with van der Waals surface area (Å²) >= 11 is 0. The van der Waals surface area contributed by atoms with Crippen molar-refractivity contribution in [3.63, 3.8) is 0 Å². The predicted octanol–water partition coefficient (Wildman–Crippen LogP) is 0.577. The molecule has 0 bridgehead atoms. The molecule has 2 rings (SSSR count). The molecule has 0 aromatic carbocycles. The highest BCUT2D eigenvalue weighted by atomic mass is 19.1. The van der Waals surface area contributed by atoms with Crippen LogP contribution in [0.5, 0.6) is 0 Å². The Morgan fingerprint density at radius 2 is 2.14 bits per heavy atom. The highest BCUT2D eigenvalue weighted by Gasteiger charge is 2.41. The van der Waals surface area contributed by atoms with E-state index in [9.17, 15) is 9.50 Å². The van der Waals surface area contributed by atoms with Crippen LogP contribution in [0.2, 0.25) is 0 Å². The molecule has 0 unspecified atom stereocenters. The van der Waals surface area contributed by atoms with E-state index in [-0.39, 0.29) is 5.82 Å². The van der Waals surface area contributed by atoms with Crippen molar-refractivity contribution in [1.82, 2.24) is 9.97 Å².